The van der Waals surface area contributed by atoms with Crippen molar-refractivity contribution in [2.75, 3.05) is 6.61 Å². The summed E-state index contributed by atoms with van der Waals surface area (Å²) in [6.45, 7) is 4.65. The van der Waals surface area contributed by atoms with Crippen molar-refractivity contribution >= 4 is 17.7 Å². The van der Waals surface area contributed by atoms with Gasteiger partial charge in [0.1, 0.15) is 11.3 Å². The summed E-state index contributed by atoms with van der Waals surface area (Å²) in [5.74, 6) is -1.95. The number of ether oxygens (including phenoxy) is 1. The van der Waals surface area contributed by atoms with Gasteiger partial charge in [-0.15, -0.1) is 0 Å². The van der Waals surface area contributed by atoms with Crippen molar-refractivity contribution in [1.29, 1.82) is 0 Å². The molecule has 0 saturated heterocycles. The van der Waals surface area contributed by atoms with E-state index in [1.54, 1.807) is 20.8 Å². The van der Waals surface area contributed by atoms with E-state index in [0.29, 0.717) is 0 Å². The quantitative estimate of drug-likeness (QED) is 0.458. The first-order chi connectivity index (χ1) is 8.79. The molecule has 0 aliphatic heterocycles. The maximum Gasteiger partial charge on any atom is 0.360 e. The number of carboxylic acids is 1. The molecule has 0 amide bonds. The largest absolute Gasteiger partial charge is 0.476 e. The van der Waals surface area contributed by atoms with Crippen LogP contribution in [-0.4, -0.2) is 45.2 Å². The first-order valence-corrected chi connectivity index (χ1v) is 5.45. The summed E-state index contributed by atoms with van der Waals surface area (Å²) in [5.41, 5.74) is -0.927. The number of rotatable bonds is 5. The predicted molar refractivity (Wildman–Crippen MR) is 64.6 cm³/mol. The third kappa shape index (κ3) is 5.19. The Hall–Kier alpha value is -2.38. The minimum absolute atomic E-state index is 0.108. The summed E-state index contributed by atoms with van der Waals surface area (Å²) in [6.07, 6.45) is 1.45. The average molecular weight is 269 g/mol. The zero-order chi connectivity index (χ0) is 14.5. The molecule has 1 heterocycles. The van der Waals surface area contributed by atoms with Gasteiger partial charge in [-0.3, -0.25) is 5.10 Å². The minimum Gasteiger partial charge on any atom is -0.476 e. The Morgan fingerprint density at radius 3 is 2.63 bits per heavy atom. The summed E-state index contributed by atoms with van der Waals surface area (Å²) < 4.78 is 4.97. The third-order valence-corrected chi connectivity index (χ3v) is 1.70. The molecule has 1 aromatic heterocycles. The van der Waals surface area contributed by atoms with Crippen molar-refractivity contribution in [3.63, 3.8) is 0 Å². The molecule has 0 aromatic carbocycles. The van der Waals surface area contributed by atoms with Crippen LogP contribution in [0.4, 0.5) is 0 Å². The van der Waals surface area contributed by atoms with Gasteiger partial charge in [0.2, 0.25) is 12.3 Å². The molecule has 0 unspecified atom stereocenters. The Balaban J connectivity index is 2.59. The lowest BCUT2D eigenvalue weighted by atomic mass is 10.2. The van der Waals surface area contributed by atoms with Gasteiger partial charge >= 0.3 is 11.9 Å². The minimum atomic E-state index is -1.31. The van der Waals surface area contributed by atoms with Gasteiger partial charge in [-0.1, -0.05) is 5.16 Å². The van der Waals surface area contributed by atoms with Crippen LogP contribution in [0.15, 0.2) is 17.4 Å². The Morgan fingerprint density at radius 2 is 2.16 bits per heavy atom. The maximum absolute atomic E-state index is 11.3. The third-order valence-electron chi connectivity index (χ3n) is 1.70. The highest BCUT2D eigenvalue weighted by Gasteiger charge is 2.18. The van der Waals surface area contributed by atoms with Gasteiger partial charge in [0.05, 0.1) is 0 Å². The molecule has 104 valence electrons. The highest BCUT2D eigenvalue weighted by molar-refractivity contribution is 6.41. The molecule has 19 heavy (non-hydrogen) atoms. The number of aliphatic carboxylic acids is 1. The van der Waals surface area contributed by atoms with E-state index < -0.39 is 29.9 Å². The number of carbonyl (C=O) groups excluding carboxylic acids is 1. The van der Waals surface area contributed by atoms with Gasteiger partial charge in [0.15, 0.2) is 0 Å². The van der Waals surface area contributed by atoms with E-state index in [2.05, 4.69) is 20.2 Å². The first kappa shape index (κ1) is 14.7. The molecule has 0 radical (unpaired) electrons. The molecule has 0 fully saturated rings. The Bertz CT molecular complexity index is 473. The van der Waals surface area contributed by atoms with E-state index in [1.165, 1.54) is 12.3 Å². The van der Waals surface area contributed by atoms with Crippen molar-refractivity contribution in [3.05, 3.63) is 18.0 Å². The number of oxime groups is 1. The van der Waals surface area contributed by atoms with Crippen LogP contribution < -0.4 is 0 Å². The SMILES string of the molecule is CC(C)(C)OC(=O)CO/N=C(\C(=O)O)c1cc[nH]n1. The number of carbonyl (C=O) groups is 2. The Morgan fingerprint density at radius 1 is 1.47 bits per heavy atom. The highest BCUT2D eigenvalue weighted by atomic mass is 16.7. The van der Waals surface area contributed by atoms with Crippen LogP contribution in [0.25, 0.3) is 0 Å². The van der Waals surface area contributed by atoms with Crippen LogP contribution in [0.1, 0.15) is 26.5 Å². The summed E-state index contributed by atoms with van der Waals surface area (Å²) in [7, 11) is 0. The fourth-order valence-electron chi connectivity index (χ4n) is 1.11. The van der Waals surface area contributed by atoms with Crippen molar-refractivity contribution in [2.45, 2.75) is 26.4 Å². The second-order valence-corrected chi connectivity index (χ2v) is 4.56. The van der Waals surface area contributed by atoms with Crippen LogP contribution in [0.2, 0.25) is 0 Å². The lowest BCUT2D eigenvalue weighted by Gasteiger charge is -2.18. The average Bonchev–Trinajstić information content (AvgIpc) is 2.74. The lowest BCUT2D eigenvalue weighted by Crippen LogP contribution is -2.26. The number of aromatic amines is 1. The van der Waals surface area contributed by atoms with E-state index in [1.807, 2.05) is 0 Å². The number of carboxylic acid groups (broad SMARTS) is 1. The van der Waals surface area contributed by atoms with Crippen molar-refractivity contribution < 1.29 is 24.3 Å². The van der Waals surface area contributed by atoms with Crippen molar-refractivity contribution in [1.82, 2.24) is 10.2 Å². The van der Waals surface area contributed by atoms with E-state index >= 15 is 0 Å². The number of esters is 1. The monoisotopic (exact) mass is 269 g/mol. The smallest absolute Gasteiger partial charge is 0.360 e. The molecule has 0 atom stereocenters. The molecule has 0 bridgehead atoms. The van der Waals surface area contributed by atoms with Crippen LogP contribution >= 0.6 is 0 Å². The van der Waals surface area contributed by atoms with E-state index in [9.17, 15) is 9.59 Å². The number of H-pyrrole nitrogens is 1. The molecular formula is C11H15N3O5. The van der Waals surface area contributed by atoms with Crippen molar-refractivity contribution in [3.8, 4) is 0 Å². The molecule has 8 heteroatoms. The number of hydrogen-bond donors (Lipinski definition) is 2. The zero-order valence-electron chi connectivity index (χ0n) is 10.8. The van der Waals surface area contributed by atoms with Gasteiger partial charge in [0, 0.05) is 6.20 Å². The normalized spacial score (nSPS) is 12.1. The van der Waals surface area contributed by atoms with E-state index in [-0.39, 0.29) is 5.69 Å². The number of nitrogens with zero attached hydrogens (tertiary/aromatic N) is 2. The topological polar surface area (TPSA) is 114 Å². The van der Waals surface area contributed by atoms with Crippen LogP contribution in [-0.2, 0) is 19.2 Å². The summed E-state index contributed by atoms with van der Waals surface area (Å²) in [6, 6.07) is 1.42. The second-order valence-electron chi connectivity index (χ2n) is 4.56. The van der Waals surface area contributed by atoms with Gasteiger partial charge in [0.25, 0.3) is 0 Å². The molecule has 0 saturated carbocycles. The predicted octanol–water partition coefficient (Wildman–Crippen LogP) is 0.557. The molecule has 1 aromatic rings. The van der Waals surface area contributed by atoms with Gasteiger partial charge in [-0.2, -0.15) is 5.10 Å². The fraction of sp³-hybridized carbons (Fsp3) is 0.455. The highest BCUT2D eigenvalue weighted by Crippen LogP contribution is 2.07. The molecule has 2 N–H and O–H groups in total. The van der Waals surface area contributed by atoms with Crippen LogP contribution in [0, 0.1) is 0 Å². The first-order valence-electron chi connectivity index (χ1n) is 5.45. The number of hydrogen-bond acceptors (Lipinski definition) is 6. The lowest BCUT2D eigenvalue weighted by molar-refractivity contribution is -0.160. The Labute approximate surface area is 109 Å². The maximum atomic E-state index is 11.3. The van der Waals surface area contributed by atoms with Gasteiger partial charge in [-0.05, 0) is 26.8 Å². The zero-order valence-corrected chi connectivity index (χ0v) is 10.8. The summed E-state index contributed by atoms with van der Waals surface area (Å²) in [5, 5.41) is 18.4. The van der Waals surface area contributed by atoms with Gasteiger partial charge in [-0.25, -0.2) is 9.59 Å². The molecule has 0 spiro atoms. The summed E-state index contributed by atoms with van der Waals surface area (Å²) >= 11 is 0. The number of aromatic nitrogens is 2. The number of nitrogens with one attached hydrogen (secondary N) is 1. The molecular weight excluding hydrogens is 254 g/mol. The van der Waals surface area contributed by atoms with E-state index in [4.69, 9.17) is 9.84 Å². The molecule has 1 rings (SSSR count). The molecule has 0 aliphatic rings. The Kier molecular flexibility index (Phi) is 4.62. The van der Waals surface area contributed by atoms with Crippen LogP contribution in [0.5, 0.6) is 0 Å². The summed E-state index contributed by atoms with van der Waals surface area (Å²) in [4.78, 5) is 26.9. The van der Waals surface area contributed by atoms with Crippen LogP contribution in [0.3, 0.4) is 0 Å². The molecule has 0 aliphatic carbocycles. The molecule has 8 nitrogen and oxygen atoms in total. The van der Waals surface area contributed by atoms with Crippen molar-refractivity contribution in [2.24, 2.45) is 5.16 Å². The second kappa shape index (κ2) is 5.98. The standard InChI is InChI=1S/C11H15N3O5/c1-11(2,3)19-8(15)6-18-14-9(10(16)17)7-4-5-12-13-7/h4-5H,6H2,1-3H3,(H,12,13)(H,16,17)/b14-9-. The van der Waals surface area contributed by atoms with E-state index in [0.717, 1.165) is 0 Å². The fourth-order valence-corrected chi connectivity index (χ4v) is 1.11. The van der Waals surface area contributed by atoms with Gasteiger partial charge < -0.3 is 14.7 Å².